The van der Waals surface area contributed by atoms with E-state index in [0.29, 0.717) is 0 Å². The third-order valence-electron chi connectivity index (χ3n) is 3.91. The summed E-state index contributed by atoms with van der Waals surface area (Å²) in [6.07, 6.45) is 1.12. The van der Waals surface area contributed by atoms with Gasteiger partial charge in [0.15, 0.2) is 0 Å². The van der Waals surface area contributed by atoms with Gasteiger partial charge < -0.3 is 19.9 Å². The number of nitrogens with zero attached hydrogens (tertiary/aromatic N) is 1. The molecule has 118 valence electrons. The van der Waals surface area contributed by atoms with Crippen molar-refractivity contribution in [1.82, 2.24) is 4.90 Å². The Labute approximate surface area is 127 Å². The molecular weight excluding hydrogens is 268 g/mol. The molecule has 5 heteroatoms. The fourth-order valence-electron chi connectivity index (χ4n) is 2.77. The highest BCUT2D eigenvalue weighted by Crippen LogP contribution is 2.31. The van der Waals surface area contributed by atoms with Crippen LogP contribution in [0.3, 0.4) is 0 Å². The molecule has 1 heterocycles. The van der Waals surface area contributed by atoms with Gasteiger partial charge in [0.25, 0.3) is 0 Å². The number of ether oxygens (including phenoxy) is 3. The van der Waals surface area contributed by atoms with Crippen molar-refractivity contribution >= 4 is 0 Å². The van der Waals surface area contributed by atoms with E-state index in [1.54, 1.807) is 14.2 Å². The molecule has 1 fully saturated rings. The van der Waals surface area contributed by atoms with Gasteiger partial charge in [0.05, 0.1) is 33.0 Å². The fourth-order valence-corrected chi connectivity index (χ4v) is 2.77. The molecule has 0 amide bonds. The Bertz CT molecular complexity index is 451. The molecule has 0 bridgehead atoms. The Kier molecular flexibility index (Phi) is 5.85. The number of rotatable bonds is 6. The van der Waals surface area contributed by atoms with E-state index >= 15 is 0 Å². The second-order valence-corrected chi connectivity index (χ2v) is 5.34. The first kappa shape index (κ1) is 16.1. The Balaban J connectivity index is 2.16. The second-order valence-electron chi connectivity index (χ2n) is 5.34. The number of morpholine rings is 1. The number of hydrogen-bond donors (Lipinski definition) is 1. The van der Waals surface area contributed by atoms with Crippen LogP contribution in [0.1, 0.15) is 24.9 Å². The molecule has 2 unspecified atom stereocenters. The zero-order valence-corrected chi connectivity index (χ0v) is 13.2. The van der Waals surface area contributed by atoms with E-state index in [9.17, 15) is 0 Å². The summed E-state index contributed by atoms with van der Waals surface area (Å²) < 4.78 is 16.6. The van der Waals surface area contributed by atoms with E-state index in [0.717, 1.165) is 49.7 Å². The number of methoxy groups -OCH3 is 2. The van der Waals surface area contributed by atoms with Crippen LogP contribution < -0.4 is 15.2 Å². The minimum absolute atomic E-state index is 0.0219. The second kappa shape index (κ2) is 7.64. The molecule has 0 spiro atoms. The molecule has 1 aromatic carbocycles. The van der Waals surface area contributed by atoms with E-state index < -0.39 is 0 Å². The van der Waals surface area contributed by atoms with E-state index in [1.807, 2.05) is 18.2 Å². The summed E-state index contributed by atoms with van der Waals surface area (Å²) >= 11 is 0. The lowest BCUT2D eigenvalue weighted by Crippen LogP contribution is -2.47. The van der Waals surface area contributed by atoms with Gasteiger partial charge in [-0.2, -0.15) is 0 Å². The molecule has 1 aliphatic heterocycles. The highest BCUT2D eigenvalue weighted by atomic mass is 16.5. The first-order chi connectivity index (χ1) is 10.2. The van der Waals surface area contributed by atoms with Crippen LogP contribution in [0.4, 0.5) is 0 Å². The summed E-state index contributed by atoms with van der Waals surface area (Å²) in [7, 11) is 3.31. The molecule has 0 aromatic heterocycles. The quantitative estimate of drug-likeness (QED) is 0.867. The highest BCUT2D eigenvalue weighted by Gasteiger charge is 2.28. The molecule has 2 atom stereocenters. The summed E-state index contributed by atoms with van der Waals surface area (Å²) in [5.74, 6) is 1.56. The first-order valence-electron chi connectivity index (χ1n) is 7.51. The lowest BCUT2D eigenvalue weighted by molar-refractivity contribution is -0.0410. The minimum Gasteiger partial charge on any atom is -0.497 e. The van der Waals surface area contributed by atoms with Gasteiger partial charge in [0, 0.05) is 18.7 Å². The van der Waals surface area contributed by atoms with Crippen LogP contribution in [0.2, 0.25) is 0 Å². The van der Waals surface area contributed by atoms with Gasteiger partial charge in [0.1, 0.15) is 11.5 Å². The lowest BCUT2D eigenvalue weighted by atomic mass is 9.99. The minimum atomic E-state index is -0.227. The highest BCUT2D eigenvalue weighted by molar-refractivity contribution is 5.42. The molecule has 1 aliphatic rings. The molecule has 2 rings (SSSR count). The predicted molar refractivity (Wildman–Crippen MR) is 82.9 cm³/mol. The van der Waals surface area contributed by atoms with Crippen LogP contribution in [0.5, 0.6) is 11.5 Å². The van der Waals surface area contributed by atoms with Crippen molar-refractivity contribution in [3.05, 3.63) is 23.8 Å². The summed E-state index contributed by atoms with van der Waals surface area (Å²) in [5.41, 5.74) is 7.37. The van der Waals surface area contributed by atoms with Gasteiger partial charge >= 0.3 is 0 Å². The maximum absolute atomic E-state index is 6.44. The third-order valence-corrected chi connectivity index (χ3v) is 3.91. The van der Waals surface area contributed by atoms with Crippen molar-refractivity contribution < 1.29 is 14.2 Å². The summed E-state index contributed by atoms with van der Waals surface area (Å²) in [6, 6.07) is 5.47. The summed E-state index contributed by atoms with van der Waals surface area (Å²) in [4.78, 5) is 2.40. The Morgan fingerprint density at radius 2 is 2.19 bits per heavy atom. The van der Waals surface area contributed by atoms with Crippen LogP contribution in [-0.4, -0.2) is 51.5 Å². The van der Waals surface area contributed by atoms with Crippen molar-refractivity contribution in [2.45, 2.75) is 25.5 Å². The van der Waals surface area contributed by atoms with Crippen LogP contribution in [0, 0.1) is 0 Å². The largest absolute Gasteiger partial charge is 0.497 e. The lowest BCUT2D eigenvalue weighted by Gasteiger charge is -2.36. The standard InChI is InChI=1S/C16H26N2O3/c1-4-7-18-8-9-21-15(11-18)16(17)13-10-12(19-2)5-6-14(13)20-3/h5-6,10,15-16H,4,7-9,11,17H2,1-3H3. The average Bonchev–Trinajstić information content (AvgIpc) is 2.54. The van der Waals surface area contributed by atoms with Gasteiger partial charge in [-0.05, 0) is 31.2 Å². The maximum atomic E-state index is 6.44. The zero-order chi connectivity index (χ0) is 15.2. The van der Waals surface area contributed by atoms with Gasteiger partial charge in [-0.3, -0.25) is 4.90 Å². The molecule has 1 saturated heterocycles. The van der Waals surface area contributed by atoms with Crippen LogP contribution in [-0.2, 0) is 4.74 Å². The molecule has 0 aliphatic carbocycles. The van der Waals surface area contributed by atoms with Crippen molar-refractivity contribution in [2.24, 2.45) is 5.73 Å². The SMILES string of the molecule is CCCN1CCOC(C(N)c2cc(OC)ccc2OC)C1. The third kappa shape index (κ3) is 3.87. The molecule has 0 radical (unpaired) electrons. The number of hydrogen-bond acceptors (Lipinski definition) is 5. The van der Waals surface area contributed by atoms with Gasteiger partial charge in [-0.15, -0.1) is 0 Å². The first-order valence-corrected chi connectivity index (χ1v) is 7.51. The summed E-state index contributed by atoms with van der Waals surface area (Å²) in [6.45, 7) is 5.84. The van der Waals surface area contributed by atoms with Gasteiger partial charge in [0.2, 0.25) is 0 Å². The molecule has 1 aromatic rings. The fraction of sp³-hybridized carbons (Fsp3) is 0.625. The summed E-state index contributed by atoms with van der Waals surface area (Å²) in [5, 5.41) is 0. The van der Waals surface area contributed by atoms with E-state index in [4.69, 9.17) is 19.9 Å². The van der Waals surface area contributed by atoms with Crippen LogP contribution in [0.15, 0.2) is 18.2 Å². The van der Waals surface area contributed by atoms with Gasteiger partial charge in [-0.1, -0.05) is 6.92 Å². The molecule has 21 heavy (non-hydrogen) atoms. The predicted octanol–water partition coefficient (Wildman–Crippen LogP) is 1.81. The van der Waals surface area contributed by atoms with Crippen LogP contribution >= 0.6 is 0 Å². The molecular formula is C16H26N2O3. The Hall–Kier alpha value is -1.30. The van der Waals surface area contributed by atoms with Crippen molar-refractivity contribution in [3.63, 3.8) is 0 Å². The van der Waals surface area contributed by atoms with Crippen molar-refractivity contribution in [3.8, 4) is 11.5 Å². The smallest absolute Gasteiger partial charge is 0.123 e. The monoisotopic (exact) mass is 294 g/mol. The topological polar surface area (TPSA) is 57.0 Å². The van der Waals surface area contributed by atoms with Crippen molar-refractivity contribution in [2.75, 3.05) is 40.5 Å². The Morgan fingerprint density at radius 3 is 2.86 bits per heavy atom. The van der Waals surface area contributed by atoms with Gasteiger partial charge in [-0.25, -0.2) is 0 Å². The normalized spacial score (nSPS) is 21.0. The Morgan fingerprint density at radius 1 is 1.38 bits per heavy atom. The number of benzene rings is 1. The van der Waals surface area contributed by atoms with E-state index in [2.05, 4.69) is 11.8 Å². The molecule has 0 saturated carbocycles. The number of nitrogens with two attached hydrogens (primary N) is 1. The van der Waals surface area contributed by atoms with E-state index in [-0.39, 0.29) is 12.1 Å². The molecule has 2 N–H and O–H groups in total. The average molecular weight is 294 g/mol. The molecule has 5 nitrogen and oxygen atoms in total. The van der Waals surface area contributed by atoms with Crippen molar-refractivity contribution in [1.29, 1.82) is 0 Å². The van der Waals surface area contributed by atoms with E-state index in [1.165, 1.54) is 0 Å². The van der Waals surface area contributed by atoms with Crippen LogP contribution in [0.25, 0.3) is 0 Å². The maximum Gasteiger partial charge on any atom is 0.123 e. The zero-order valence-electron chi connectivity index (χ0n) is 13.2.